The number of rotatable bonds is 0. The first kappa shape index (κ1) is 5.49. The zero-order valence-electron chi connectivity index (χ0n) is 5.11. The van der Waals surface area contributed by atoms with Gasteiger partial charge in [-0.15, -0.1) is 5.48 Å². The molecule has 1 unspecified atom stereocenters. The Labute approximate surface area is 57.4 Å². The molecule has 2 rings (SSSR count). The molecule has 0 bridgehead atoms. The van der Waals surface area contributed by atoms with Crippen LogP contribution in [0, 0.1) is 0 Å². The summed E-state index contributed by atoms with van der Waals surface area (Å²) in [5.74, 6) is 0.210. The minimum absolute atomic E-state index is 0.0101. The topological polar surface area (TPSA) is 53.9 Å². The number of hydrogen-bond acceptors (Lipinski definition) is 4. The van der Waals surface area contributed by atoms with Gasteiger partial charge in [0, 0.05) is 6.08 Å². The Morgan fingerprint density at radius 1 is 1.70 bits per heavy atom. The number of oxime groups is 1. The van der Waals surface area contributed by atoms with Gasteiger partial charge in [0.05, 0.1) is 0 Å². The van der Waals surface area contributed by atoms with E-state index in [9.17, 15) is 0 Å². The second-order valence-corrected chi connectivity index (χ2v) is 2.13. The van der Waals surface area contributed by atoms with Crippen molar-refractivity contribution in [2.75, 3.05) is 0 Å². The van der Waals surface area contributed by atoms with Gasteiger partial charge in [-0.2, -0.15) is 0 Å². The lowest BCUT2D eigenvalue weighted by molar-refractivity contribution is 0.0671. The van der Waals surface area contributed by atoms with E-state index in [0.29, 0.717) is 5.71 Å². The maximum Gasteiger partial charge on any atom is 0.117 e. The van der Waals surface area contributed by atoms with Gasteiger partial charge in [0.2, 0.25) is 0 Å². The molecule has 0 aromatic rings. The van der Waals surface area contributed by atoms with E-state index in [2.05, 4.69) is 15.6 Å². The number of hydrogen-bond donors (Lipinski definition) is 2. The van der Waals surface area contributed by atoms with Gasteiger partial charge in [0.25, 0.3) is 0 Å². The summed E-state index contributed by atoms with van der Waals surface area (Å²) < 4.78 is 0. The van der Waals surface area contributed by atoms with Crippen LogP contribution < -0.4 is 5.48 Å². The molecule has 0 aromatic heterocycles. The summed E-state index contributed by atoms with van der Waals surface area (Å²) >= 11 is 0. The number of hydroxylamine groups is 1. The molecule has 0 saturated carbocycles. The number of aliphatic hydroxyl groups excluding tert-OH is 1. The Hall–Kier alpha value is -1.29. The molecule has 1 atom stereocenters. The summed E-state index contributed by atoms with van der Waals surface area (Å²) in [5, 5.41) is 12.6. The fraction of sp³-hybridized carbons (Fsp3) is 0.167. The Morgan fingerprint density at radius 2 is 2.60 bits per heavy atom. The van der Waals surface area contributed by atoms with Gasteiger partial charge in [-0.25, -0.2) is 0 Å². The zero-order valence-corrected chi connectivity index (χ0v) is 5.11. The van der Waals surface area contributed by atoms with Gasteiger partial charge >= 0.3 is 0 Å². The summed E-state index contributed by atoms with van der Waals surface area (Å²) in [4.78, 5) is 4.57. The summed E-state index contributed by atoms with van der Waals surface area (Å²) in [6.07, 6.45) is 4.94. The molecule has 1 heterocycles. The molecule has 2 aliphatic rings. The maximum absolute atomic E-state index is 8.97. The van der Waals surface area contributed by atoms with E-state index in [1.807, 2.05) is 0 Å². The van der Waals surface area contributed by atoms with E-state index in [-0.39, 0.29) is 11.8 Å². The number of nitrogens with zero attached hydrogens (tertiary/aromatic N) is 1. The van der Waals surface area contributed by atoms with E-state index >= 15 is 0 Å². The predicted molar refractivity (Wildman–Crippen MR) is 35.3 cm³/mol. The van der Waals surface area contributed by atoms with Crippen LogP contribution in [0.15, 0.2) is 29.1 Å². The van der Waals surface area contributed by atoms with Crippen LogP contribution in [-0.4, -0.2) is 16.9 Å². The fourth-order valence-corrected chi connectivity index (χ4v) is 0.901. The van der Waals surface area contributed by atoms with Gasteiger partial charge in [0.15, 0.2) is 0 Å². The largest absolute Gasteiger partial charge is 0.508 e. The van der Waals surface area contributed by atoms with Crippen molar-refractivity contribution in [1.82, 2.24) is 5.48 Å². The third-order valence-corrected chi connectivity index (χ3v) is 1.40. The molecular formula is C6H6N2O2. The van der Waals surface area contributed by atoms with Crippen molar-refractivity contribution >= 4 is 5.71 Å². The number of aliphatic hydroxyl groups is 1. The van der Waals surface area contributed by atoms with Gasteiger partial charge in [-0.1, -0.05) is 11.2 Å². The Bertz CT molecular complexity index is 242. The highest BCUT2D eigenvalue weighted by Gasteiger charge is 2.21. The third-order valence-electron chi connectivity index (χ3n) is 1.40. The Kier molecular flexibility index (Phi) is 1.01. The first-order valence-corrected chi connectivity index (χ1v) is 2.94. The van der Waals surface area contributed by atoms with Crippen LogP contribution in [0.2, 0.25) is 0 Å². The number of fused-ring (bicyclic) bond motifs is 1. The molecule has 4 nitrogen and oxygen atoms in total. The fourth-order valence-electron chi connectivity index (χ4n) is 0.901. The number of allylic oxidation sites excluding steroid dienone is 1. The van der Waals surface area contributed by atoms with Crippen LogP contribution in [0.5, 0.6) is 0 Å². The molecule has 2 N–H and O–H groups in total. The van der Waals surface area contributed by atoms with Crippen LogP contribution >= 0.6 is 0 Å². The third kappa shape index (κ3) is 0.698. The maximum atomic E-state index is 8.97. The molecule has 1 aliphatic heterocycles. The highest BCUT2D eigenvalue weighted by atomic mass is 16.8. The molecule has 1 aliphatic carbocycles. The molecular weight excluding hydrogens is 132 g/mol. The van der Waals surface area contributed by atoms with Crippen molar-refractivity contribution in [3.8, 4) is 0 Å². The average molecular weight is 138 g/mol. The van der Waals surface area contributed by atoms with Gasteiger partial charge in [0.1, 0.15) is 17.5 Å². The van der Waals surface area contributed by atoms with Gasteiger partial charge < -0.3 is 5.11 Å². The molecule has 0 fully saturated rings. The van der Waals surface area contributed by atoms with Crippen molar-refractivity contribution in [2.45, 2.75) is 6.04 Å². The molecule has 10 heavy (non-hydrogen) atoms. The smallest absolute Gasteiger partial charge is 0.117 e. The average Bonchev–Trinajstić information content (AvgIpc) is 2.33. The lowest BCUT2D eigenvalue weighted by Gasteiger charge is -2.05. The van der Waals surface area contributed by atoms with E-state index in [0.717, 1.165) is 0 Å². The van der Waals surface area contributed by atoms with Crippen molar-refractivity contribution in [2.24, 2.45) is 5.16 Å². The molecule has 4 heteroatoms. The lowest BCUT2D eigenvalue weighted by atomic mass is 10.1. The molecule has 52 valence electrons. The highest BCUT2D eigenvalue weighted by molar-refractivity contribution is 6.02. The molecule has 0 amide bonds. The zero-order chi connectivity index (χ0) is 6.97. The minimum Gasteiger partial charge on any atom is -0.508 e. The van der Waals surface area contributed by atoms with Crippen molar-refractivity contribution in [1.29, 1.82) is 0 Å². The Morgan fingerprint density at radius 3 is 3.50 bits per heavy atom. The van der Waals surface area contributed by atoms with E-state index in [1.54, 1.807) is 18.2 Å². The Balaban J connectivity index is 2.34. The van der Waals surface area contributed by atoms with E-state index in [4.69, 9.17) is 5.11 Å². The summed E-state index contributed by atoms with van der Waals surface area (Å²) in [6.45, 7) is 0. The first-order valence-electron chi connectivity index (χ1n) is 2.94. The van der Waals surface area contributed by atoms with Crippen LogP contribution in [-0.2, 0) is 4.94 Å². The predicted octanol–water partition coefficient (Wildman–Crippen LogP) is 0.258. The van der Waals surface area contributed by atoms with Crippen LogP contribution in [0.1, 0.15) is 0 Å². The summed E-state index contributed by atoms with van der Waals surface area (Å²) in [5.41, 5.74) is 3.34. The second-order valence-electron chi connectivity index (χ2n) is 2.13. The summed E-state index contributed by atoms with van der Waals surface area (Å²) in [6, 6.07) is 0.0101. The van der Waals surface area contributed by atoms with Crippen molar-refractivity contribution in [3.63, 3.8) is 0 Å². The lowest BCUT2D eigenvalue weighted by Crippen LogP contribution is -2.27. The highest BCUT2D eigenvalue weighted by Crippen LogP contribution is 2.10. The van der Waals surface area contributed by atoms with Gasteiger partial charge in [-0.05, 0) is 6.08 Å². The van der Waals surface area contributed by atoms with E-state index in [1.165, 1.54) is 0 Å². The van der Waals surface area contributed by atoms with Gasteiger partial charge in [-0.3, -0.25) is 4.94 Å². The first-order chi connectivity index (χ1) is 4.86. The molecule has 0 aromatic carbocycles. The molecule has 0 saturated heterocycles. The minimum atomic E-state index is 0.0101. The summed E-state index contributed by atoms with van der Waals surface area (Å²) in [7, 11) is 0. The monoisotopic (exact) mass is 138 g/mol. The molecule has 0 spiro atoms. The standard InChI is InChI=1S/C6H6N2O2/c9-4-1-2-5-6(3-4)8-10-7-5/h1-3,5,7,9H. The van der Waals surface area contributed by atoms with Crippen LogP contribution in [0.25, 0.3) is 0 Å². The van der Waals surface area contributed by atoms with Crippen molar-refractivity contribution in [3.05, 3.63) is 24.0 Å². The second kappa shape index (κ2) is 1.85. The van der Waals surface area contributed by atoms with Crippen LogP contribution in [0.4, 0.5) is 0 Å². The normalized spacial score (nSPS) is 28.6. The number of nitrogens with one attached hydrogen (secondary N) is 1. The molecule has 0 radical (unpaired) electrons. The van der Waals surface area contributed by atoms with E-state index < -0.39 is 0 Å². The quantitative estimate of drug-likeness (QED) is 0.504. The SMILES string of the molecule is OC1=CC2=NONC2C=C1. The van der Waals surface area contributed by atoms with Crippen LogP contribution in [0.3, 0.4) is 0 Å². The van der Waals surface area contributed by atoms with Crippen molar-refractivity contribution < 1.29 is 10.0 Å².